The monoisotopic (exact) mass is 256 g/mol. The number of fused-ring (bicyclic) bond motifs is 1. The zero-order valence-electron chi connectivity index (χ0n) is 10.8. The number of hydrogen-bond acceptors (Lipinski definition) is 4. The van der Waals surface area contributed by atoms with E-state index >= 15 is 0 Å². The normalized spacial score (nSPS) is 19.7. The van der Waals surface area contributed by atoms with E-state index in [9.17, 15) is 4.79 Å². The van der Waals surface area contributed by atoms with E-state index in [1.54, 1.807) is 24.5 Å². The third-order valence-corrected chi connectivity index (χ3v) is 3.46. The zero-order valence-corrected chi connectivity index (χ0v) is 10.8. The number of likely N-dealkylation sites (N-methyl/N-ethyl adjacent to an activating group) is 1. The predicted molar refractivity (Wildman–Crippen MR) is 72.9 cm³/mol. The summed E-state index contributed by atoms with van der Waals surface area (Å²) < 4.78 is 0. The molecule has 2 heterocycles. The van der Waals surface area contributed by atoms with E-state index in [4.69, 9.17) is 0 Å². The maximum absolute atomic E-state index is 12.2. The van der Waals surface area contributed by atoms with Gasteiger partial charge in [0.2, 0.25) is 0 Å². The number of carbonyl (C=O) groups is 1. The van der Waals surface area contributed by atoms with Gasteiger partial charge in [0.25, 0.3) is 5.91 Å². The van der Waals surface area contributed by atoms with Crippen LogP contribution in [0.2, 0.25) is 0 Å². The molecule has 0 radical (unpaired) electrons. The van der Waals surface area contributed by atoms with E-state index in [0.717, 1.165) is 30.5 Å². The van der Waals surface area contributed by atoms with Crippen LogP contribution in [-0.2, 0) is 0 Å². The standard InChI is InChI=1S/C14H16N4O/c1-18-7-4-11(9-18)17-14(19)10-2-3-12-13(8-10)16-6-5-15-12/h2-3,5-6,8,11H,4,7,9H2,1H3,(H,17,19). The first-order chi connectivity index (χ1) is 9.22. The van der Waals surface area contributed by atoms with E-state index in [1.807, 2.05) is 6.07 Å². The molecule has 1 aromatic heterocycles. The Labute approximate surface area is 111 Å². The molecule has 3 rings (SSSR count). The Balaban J connectivity index is 1.77. The minimum Gasteiger partial charge on any atom is -0.348 e. The van der Waals surface area contributed by atoms with Gasteiger partial charge in [0, 0.05) is 30.5 Å². The summed E-state index contributed by atoms with van der Waals surface area (Å²) in [6, 6.07) is 5.66. The quantitative estimate of drug-likeness (QED) is 0.873. The summed E-state index contributed by atoms with van der Waals surface area (Å²) >= 11 is 0. The average molecular weight is 256 g/mol. The van der Waals surface area contributed by atoms with Gasteiger partial charge in [0.1, 0.15) is 0 Å². The Morgan fingerprint density at radius 3 is 2.84 bits per heavy atom. The second-order valence-electron chi connectivity index (χ2n) is 4.98. The van der Waals surface area contributed by atoms with Crippen molar-refractivity contribution in [3.8, 4) is 0 Å². The molecule has 0 saturated carbocycles. The van der Waals surface area contributed by atoms with E-state index in [1.165, 1.54) is 0 Å². The maximum Gasteiger partial charge on any atom is 0.251 e. The van der Waals surface area contributed by atoms with Crippen molar-refractivity contribution in [3.05, 3.63) is 36.2 Å². The first-order valence-electron chi connectivity index (χ1n) is 6.42. The van der Waals surface area contributed by atoms with Gasteiger partial charge in [-0.05, 0) is 38.2 Å². The summed E-state index contributed by atoms with van der Waals surface area (Å²) in [4.78, 5) is 22.8. The van der Waals surface area contributed by atoms with Crippen molar-refractivity contribution < 1.29 is 4.79 Å². The molecule has 5 nitrogen and oxygen atoms in total. The van der Waals surface area contributed by atoms with Crippen LogP contribution in [0.15, 0.2) is 30.6 Å². The van der Waals surface area contributed by atoms with Crippen molar-refractivity contribution in [3.63, 3.8) is 0 Å². The van der Waals surface area contributed by atoms with Crippen LogP contribution >= 0.6 is 0 Å². The first-order valence-corrected chi connectivity index (χ1v) is 6.42. The van der Waals surface area contributed by atoms with Gasteiger partial charge in [0.15, 0.2) is 0 Å². The number of nitrogens with zero attached hydrogens (tertiary/aromatic N) is 3. The fourth-order valence-corrected chi connectivity index (χ4v) is 2.43. The van der Waals surface area contributed by atoms with Crippen LogP contribution in [0.5, 0.6) is 0 Å². The highest BCUT2D eigenvalue weighted by atomic mass is 16.1. The Hall–Kier alpha value is -2.01. The molecule has 0 spiro atoms. The molecule has 1 amide bonds. The molecule has 1 unspecified atom stereocenters. The Kier molecular flexibility index (Phi) is 3.13. The van der Waals surface area contributed by atoms with Gasteiger partial charge in [-0.3, -0.25) is 14.8 Å². The second kappa shape index (κ2) is 4.93. The maximum atomic E-state index is 12.2. The number of aromatic nitrogens is 2. The van der Waals surface area contributed by atoms with Crippen LogP contribution in [-0.4, -0.2) is 47.0 Å². The molecule has 19 heavy (non-hydrogen) atoms. The summed E-state index contributed by atoms with van der Waals surface area (Å²) in [5.41, 5.74) is 2.20. The molecule has 1 aliphatic heterocycles. The highest BCUT2D eigenvalue weighted by Gasteiger charge is 2.21. The van der Waals surface area contributed by atoms with Crippen LogP contribution in [0.3, 0.4) is 0 Å². The molecule has 5 heteroatoms. The lowest BCUT2D eigenvalue weighted by Crippen LogP contribution is -2.36. The van der Waals surface area contributed by atoms with Gasteiger partial charge in [-0.15, -0.1) is 0 Å². The van der Waals surface area contributed by atoms with Crippen LogP contribution in [0.1, 0.15) is 16.8 Å². The molecule has 1 N–H and O–H groups in total. The fraction of sp³-hybridized carbons (Fsp3) is 0.357. The summed E-state index contributed by atoms with van der Waals surface area (Å²) in [6.07, 6.45) is 4.29. The van der Waals surface area contributed by atoms with E-state index < -0.39 is 0 Å². The van der Waals surface area contributed by atoms with Gasteiger partial charge >= 0.3 is 0 Å². The lowest BCUT2D eigenvalue weighted by Gasteiger charge is -2.13. The van der Waals surface area contributed by atoms with Gasteiger partial charge in [-0.1, -0.05) is 0 Å². The van der Waals surface area contributed by atoms with Crippen molar-refractivity contribution in [2.45, 2.75) is 12.5 Å². The number of benzene rings is 1. The third kappa shape index (κ3) is 2.56. The fourth-order valence-electron chi connectivity index (χ4n) is 2.43. The summed E-state index contributed by atoms with van der Waals surface area (Å²) in [6.45, 7) is 1.95. The largest absolute Gasteiger partial charge is 0.348 e. The molecular formula is C14H16N4O. The molecule has 0 aliphatic carbocycles. The van der Waals surface area contributed by atoms with Crippen molar-refractivity contribution in [2.75, 3.05) is 20.1 Å². The molecule has 1 atom stereocenters. The molecular weight excluding hydrogens is 240 g/mol. The third-order valence-electron chi connectivity index (χ3n) is 3.46. The van der Waals surface area contributed by atoms with Crippen LogP contribution < -0.4 is 5.32 Å². The number of amides is 1. The van der Waals surface area contributed by atoms with Crippen molar-refractivity contribution >= 4 is 16.9 Å². The van der Waals surface area contributed by atoms with Crippen molar-refractivity contribution in [2.24, 2.45) is 0 Å². The van der Waals surface area contributed by atoms with Crippen molar-refractivity contribution in [1.82, 2.24) is 20.2 Å². The molecule has 2 aromatic rings. The van der Waals surface area contributed by atoms with E-state index in [2.05, 4.69) is 27.2 Å². The highest BCUT2D eigenvalue weighted by Crippen LogP contribution is 2.12. The lowest BCUT2D eigenvalue weighted by atomic mass is 10.1. The number of nitrogens with one attached hydrogen (secondary N) is 1. The van der Waals surface area contributed by atoms with Crippen molar-refractivity contribution in [1.29, 1.82) is 0 Å². The zero-order chi connectivity index (χ0) is 13.2. The number of carbonyl (C=O) groups excluding carboxylic acids is 1. The summed E-state index contributed by atoms with van der Waals surface area (Å²) in [5.74, 6) is -0.0344. The number of hydrogen-bond donors (Lipinski definition) is 1. The van der Waals surface area contributed by atoms with Crippen LogP contribution in [0.25, 0.3) is 11.0 Å². The summed E-state index contributed by atoms with van der Waals surface area (Å²) in [5, 5.41) is 3.06. The molecule has 1 aromatic carbocycles. The average Bonchev–Trinajstić information content (AvgIpc) is 2.83. The molecule has 1 saturated heterocycles. The molecule has 0 bridgehead atoms. The van der Waals surface area contributed by atoms with Gasteiger partial charge < -0.3 is 10.2 Å². The van der Waals surface area contributed by atoms with Crippen LogP contribution in [0, 0.1) is 0 Å². The van der Waals surface area contributed by atoms with E-state index in [-0.39, 0.29) is 11.9 Å². The van der Waals surface area contributed by atoms with Crippen LogP contribution in [0.4, 0.5) is 0 Å². The minimum absolute atomic E-state index is 0.0344. The number of likely N-dealkylation sites (tertiary alicyclic amines) is 1. The van der Waals surface area contributed by atoms with Gasteiger partial charge in [-0.2, -0.15) is 0 Å². The van der Waals surface area contributed by atoms with E-state index in [0.29, 0.717) is 5.56 Å². The van der Waals surface area contributed by atoms with Gasteiger partial charge in [-0.25, -0.2) is 0 Å². The number of rotatable bonds is 2. The summed E-state index contributed by atoms with van der Waals surface area (Å²) in [7, 11) is 2.07. The SMILES string of the molecule is CN1CCC(NC(=O)c2ccc3nccnc3c2)C1. The first kappa shape index (κ1) is 12.0. The Bertz CT molecular complexity index is 613. The predicted octanol–water partition coefficient (Wildman–Crippen LogP) is 1.06. The Morgan fingerprint density at radius 1 is 1.32 bits per heavy atom. The molecule has 1 aliphatic rings. The minimum atomic E-state index is -0.0344. The smallest absolute Gasteiger partial charge is 0.251 e. The topological polar surface area (TPSA) is 58.1 Å². The Morgan fingerprint density at radius 2 is 2.11 bits per heavy atom. The van der Waals surface area contributed by atoms with Gasteiger partial charge in [0.05, 0.1) is 11.0 Å². The highest BCUT2D eigenvalue weighted by molar-refractivity contribution is 5.97. The second-order valence-corrected chi connectivity index (χ2v) is 4.98. The molecule has 98 valence electrons. The molecule has 1 fully saturated rings. The lowest BCUT2D eigenvalue weighted by molar-refractivity contribution is 0.0938.